The molecule has 0 amide bonds. The second kappa shape index (κ2) is 5.15. The minimum absolute atomic E-state index is 0.0304. The van der Waals surface area contributed by atoms with Crippen molar-refractivity contribution in [2.24, 2.45) is 0 Å². The lowest BCUT2D eigenvalue weighted by Crippen LogP contribution is -2.41. The van der Waals surface area contributed by atoms with Gasteiger partial charge >= 0.3 is 0 Å². The fourth-order valence-electron chi connectivity index (χ4n) is 3.53. The van der Waals surface area contributed by atoms with Crippen LogP contribution >= 0.6 is 0 Å². The summed E-state index contributed by atoms with van der Waals surface area (Å²) in [5.41, 5.74) is 0.517. The summed E-state index contributed by atoms with van der Waals surface area (Å²) in [5, 5.41) is 14.7. The topological polar surface area (TPSA) is 76.4 Å². The third-order valence-corrected chi connectivity index (χ3v) is 4.58. The van der Waals surface area contributed by atoms with Crippen LogP contribution in [0.15, 0.2) is 35.4 Å². The van der Waals surface area contributed by atoms with Gasteiger partial charge in [-0.15, -0.1) is 0 Å². The molecule has 6 nitrogen and oxygen atoms in total. The molecule has 2 aliphatic rings. The molecule has 2 aliphatic heterocycles. The predicted molar refractivity (Wildman–Crippen MR) is 81.5 cm³/mol. The lowest BCUT2D eigenvalue weighted by atomic mass is 9.99. The molecule has 0 saturated carbocycles. The Morgan fingerprint density at radius 2 is 2.32 bits per heavy atom. The van der Waals surface area contributed by atoms with E-state index in [9.17, 15) is 9.90 Å². The number of piperidine rings is 1. The predicted octanol–water partition coefficient (Wildman–Crippen LogP) is 0.626. The van der Waals surface area contributed by atoms with Crippen molar-refractivity contribution in [1.29, 1.82) is 0 Å². The number of para-hydroxylation sites is 1. The first-order chi connectivity index (χ1) is 10.6. The molecule has 0 aliphatic carbocycles. The van der Waals surface area contributed by atoms with Crippen LogP contribution in [0.2, 0.25) is 0 Å². The molecule has 0 radical (unpaired) electrons. The monoisotopic (exact) mass is 301 g/mol. The van der Waals surface area contributed by atoms with Gasteiger partial charge in [0, 0.05) is 12.5 Å². The molecule has 6 heteroatoms. The molecule has 3 atom stereocenters. The standard InChI is InChI=1S/C16H19N3O3/c20-15-11-4-1-2-5-12(11)18-10-19(15)9-16(21)8-13-14(22-16)6-3-7-17-13/h1-2,4-5,10,13-14,17,21H,3,6-9H2/t13-,14+,16?/m0/s1. The first kappa shape index (κ1) is 13.9. The number of ether oxygens (including phenoxy) is 1. The number of fused-ring (bicyclic) bond motifs is 2. The van der Waals surface area contributed by atoms with Crippen LogP contribution in [0.1, 0.15) is 19.3 Å². The molecule has 116 valence electrons. The normalized spacial score (nSPS) is 31.3. The third-order valence-electron chi connectivity index (χ3n) is 4.58. The summed E-state index contributed by atoms with van der Waals surface area (Å²) >= 11 is 0. The van der Waals surface area contributed by atoms with Gasteiger partial charge in [0.2, 0.25) is 0 Å². The summed E-state index contributed by atoms with van der Waals surface area (Å²) in [5.74, 6) is -1.30. The summed E-state index contributed by atoms with van der Waals surface area (Å²) in [7, 11) is 0. The average Bonchev–Trinajstić information content (AvgIpc) is 2.86. The quantitative estimate of drug-likeness (QED) is 0.851. The second-order valence-corrected chi connectivity index (χ2v) is 6.20. The van der Waals surface area contributed by atoms with Crippen LogP contribution in [0.4, 0.5) is 0 Å². The summed E-state index contributed by atoms with van der Waals surface area (Å²) in [6, 6.07) is 7.39. The minimum atomic E-state index is -1.30. The number of nitrogens with one attached hydrogen (secondary N) is 1. The van der Waals surface area contributed by atoms with Crippen LogP contribution < -0.4 is 10.9 Å². The molecule has 2 fully saturated rings. The molecule has 2 aromatic rings. The summed E-state index contributed by atoms with van der Waals surface area (Å²) in [6.45, 7) is 1.07. The molecule has 2 N–H and O–H groups in total. The number of aliphatic hydroxyl groups is 1. The van der Waals surface area contributed by atoms with E-state index in [0.717, 1.165) is 19.4 Å². The van der Waals surface area contributed by atoms with Crippen LogP contribution in [0.25, 0.3) is 10.9 Å². The van der Waals surface area contributed by atoms with Crippen LogP contribution in [-0.2, 0) is 11.3 Å². The van der Waals surface area contributed by atoms with E-state index in [1.807, 2.05) is 12.1 Å². The van der Waals surface area contributed by atoms with Crippen molar-refractivity contribution in [1.82, 2.24) is 14.9 Å². The molecular formula is C16H19N3O3. The van der Waals surface area contributed by atoms with E-state index in [1.165, 1.54) is 10.9 Å². The maximum Gasteiger partial charge on any atom is 0.261 e. The highest BCUT2D eigenvalue weighted by Gasteiger charge is 2.46. The number of hydrogen-bond acceptors (Lipinski definition) is 5. The van der Waals surface area contributed by atoms with Gasteiger partial charge in [-0.1, -0.05) is 12.1 Å². The molecule has 1 aromatic heterocycles. The lowest BCUT2D eigenvalue weighted by Gasteiger charge is -2.25. The molecule has 1 unspecified atom stereocenters. The molecule has 3 heterocycles. The SMILES string of the molecule is O=c1c2ccccc2ncn1CC1(O)C[C@@H]2NCCC[C@H]2O1. The van der Waals surface area contributed by atoms with Gasteiger partial charge in [-0.2, -0.15) is 0 Å². The zero-order valence-electron chi connectivity index (χ0n) is 12.2. The van der Waals surface area contributed by atoms with Crippen molar-refractivity contribution in [3.05, 3.63) is 40.9 Å². The molecule has 0 spiro atoms. The first-order valence-corrected chi connectivity index (χ1v) is 7.72. The summed E-state index contributed by atoms with van der Waals surface area (Å²) < 4.78 is 7.27. The molecule has 22 heavy (non-hydrogen) atoms. The van der Waals surface area contributed by atoms with Crippen molar-refractivity contribution in [3.63, 3.8) is 0 Å². The van der Waals surface area contributed by atoms with Crippen molar-refractivity contribution in [2.75, 3.05) is 6.54 Å². The van der Waals surface area contributed by atoms with Gasteiger partial charge in [0.05, 0.1) is 29.9 Å². The maximum absolute atomic E-state index is 12.5. The number of nitrogens with zero attached hydrogens (tertiary/aromatic N) is 2. The highest BCUT2D eigenvalue weighted by molar-refractivity contribution is 5.76. The molecule has 0 bridgehead atoms. The number of aromatic nitrogens is 2. The molecule has 2 saturated heterocycles. The lowest BCUT2D eigenvalue weighted by molar-refractivity contribution is -0.202. The van der Waals surface area contributed by atoms with E-state index in [2.05, 4.69) is 10.3 Å². The number of hydrogen-bond donors (Lipinski definition) is 2. The van der Waals surface area contributed by atoms with E-state index in [0.29, 0.717) is 17.3 Å². The van der Waals surface area contributed by atoms with Crippen molar-refractivity contribution in [2.45, 2.75) is 43.7 Å². The van der Waals surface area contributed by atoms with Crippen LogP contribution in [0, 0.1) is 0 Å². The molecule has 1 aromatic carbocycles. The van der Waals surface area contributed by atoms with E-state index < -0.39 is 5.79 Å². The van der Waals surface area contributed by atoms with Gasteiger partial charge in [-0.05, 0) is 31.5 Å². The summed E-state index contributed by atoms with van der Waals surface area (Å²) in [6.07, 6.45) is 4.01. The zero-order valence-corrected chi connectivity index (χ0v) is 12.2. The number of benzene rings is 1. The van der Waals surface area contributed by atoms with Gasteiger partial charge in [-0.3, -0.25) is 9.36 Å². The fourth-order valence-corrected chi connectivity index (χ4v) is 3.53. The Balaban J connectivity index is 1.63. The van der Waals surface area contributed by atoms with Gasteiger partial charge < -0.3 is 15.2 Å². The highest BCUT2D eigenvalue weighted by atomic mass is 16.6. The number of rotatable bonds is 2. The van der Waals surface area contributed by atoms with Crippen molar-refractivity contribution >= 4 is 10.9 Å². The van der Waals surface area contributed by atoms with Gasteiger partial charge in [0.15, 0.2) is 5.79 Å². The summed E-state index contributed by atoms with van der Waals surface area (Å²) in [4.78, 5) is 16.8. The van der Waals surface area contributed by atoms with E-state index in [1.54, 1.807) is 12.1 Å². The largest absolute Gasteiger partial charge is 0.364 e. The third kappa shape index (κ3) is 2.33. The smallest absolute Gasteiger partial charge is 0.261 e. The van der Waals surface area contributed by atoms with Crippen LogP contribution in [0.5, 0.6) is 0 Å². The van der Waals surface area contributed by atoms with Gasteiger partial charge in [-0.25, -0.2) is 4.98 Å². The van der Waals surface area contributed by atoms with Crippen LogP contribution in [-0.4, -0.2) is 39.1 Å². The molecule has 4 rings (SSSR count). The van der Waals surface area contributed by atoms with Gasteiger partial charge in [0.25, 0.3) is 5.56 Å². The first-order valence-electron chi connectivity index (χ1n) is 7.72. The van der Waals surface area contributed by atoms with E-state index >= 15 is 0 Å². The Morgan fingerprint density at radius 3 is 3.18 bits per heavy atom. The maximum atomic E-state index is 12.5. The Bertz CT molecular complexity index is 744. The second-order valence-electron chi connectivity index (χ2n) is 6.20. The van der Waals surface area contributed by atoms with Crippen LogP contribution in [0.3, 0.4) is 0 Å². The zero-order chi connectivity index (χ0) is 15.2. The average molecular weight is 301 g/mol. The highest BCUT2D eigenvalue weighted by Crippen LogP contribution is 2.33. The van der Waals surface area contributed by atoms with E-state index in [4.69, 9.17) is 4.74 Å². The molecular weight excluding hydrogens is 282 g/mol. The Morgan fingerprint density at radius 1 is 1.45 bits per heavy atom. The Kier molecular flexibility index (Phi) is 3.25. The Hall–Kier alpha value is -1.76. The minimum Gasteiger partial charge on any atom is -0.364 e. The van der Waals surface area contributed by atoms with Gasteiger partial charge in [0.1, 0.15) is 0 Å². The Labute approximate surface area is 127 Å². The van der Waals surface area contributed by atoms with Crippen molar-refractivity contribution in [3.8, 4) is 0 Å². The fraction of sp³-hybridized carbons (Fsp3) is 0.500. The van der Waals surface area contributed by atoms with E-state index in [-0.39, 0.29) is 24.2 Å². The van der Waals surface area contributed by atoms with Crippen molar-refractivity contribution < 1.29 is 9.84 Å².